The highest BCUT2D eigenvalue weighted by Gasteiger charge is 2.33. The highest BCUT2D eigenvalue weighted by atomic mass is 127. The van der Waals surface area contributed by atoms with Gasteiger partial charge in [0.25, 0.3) is 0 Å². The summed E-state index contributed by atoms with van der Waals surface area (Å²) in [4.78, 5) is 8.97. The van der Waals surface area contributed by atoms with Crippen molar-refractivity contribution >= 4 is 29.9 Å². The van der Waals surface area contributed by atoms with E-state index in [1.165, 1.54) is 25.7 Å². The third-order valence-corrected chi connectivity index (χ3v) is 6.00. The summed E-state index contributed by atoms with van der Waals surface area (Å²) in [5.41, 5.74) is 3.52. The lowest BCUT2D eigenvalue weighted by molar-refractivity contribution is 0.105. The van der Waals surface area contributed by atoms with Gasteiger partial charge in [-0.2, -0.15) is 5.10 Å². The van der Waals surface area contributed by atoms with Crippen LogP contribution in [-0.2, 0) is 11.3 Å². The standard InChI is InChI=1S/C23H36N6O.HI/c1-5-30-13-12-23(10-6-7-11-23)17-27-22(24-4)26-16-20-8-9-21(25-15-20)29-19(3)14-18(2)28-29;/h8-9,14-15H,5-7,10-13,16-17H2,1-4H3,(H2,24,26,27);1H. The summed E-state index contributed by atoms with van der Waals surface area (Å²) >= 11 is 0. The third kappa shape index (κ3) is 7.17. The summed E-state index contributed by atoms with van der Waals surface area (Å²) < 4.78 is 7.49. The number of nitrogens with one attached hydrogen (secondary N) is 2. The van der Waals surface area contributed by atoms with Crippen LogP contribution in [0.15, 0.2) is 29.4 Å². The zero-order valence-corrected chi connectivity index (χ0v) is 21.6. The minimum atomic E-state index is 0. The maximum Gasteiger partial charge on any atom is 0.191 e. The number of nitrogens with zero attached hydrogens (tertiary/aromatic N) is 4. The highest BCUT2D eigenvalue weighted by Crippen LogP contribution is 2.40. The number of ether oxygens (including phenoxy) is 1. The van der Waals surface area contributed by atoms with Gasteiger partial charge in [0.1, 0.15) is 0 Å². The SMILES string of the molecule is CCOCCC1(CNC(=NC)NCc2ccc(-n3nc(C)cc3C)nc2)CCCC1.I. The molecular weight excluding hydrogens is 503 g/mol. The lowest BCUT2D eigenvalue weighted by atomic mass is 9.83. The average molecular weight is 540 g/mol. The van der Waals surface area contributed by atoms with Gasteiger partial charge in [0.05, 0.1) is 5.69 Å². The fourth-order valence-corrected chi connectivity index (χ4v) is 4.26. The Labute approximate surface area is 203 Å². The summed E-state index contributed by atoms with van der Waals surface area (Å²) in [6, 6.07) is 6.14. The van der Waals surface area contributed by atoms with Crippen molar-refractivity contribution in [1.29, 1.82) is 0 Å². The minimum Gasteiger partial charge on any atom is -0.382 e. The molecule has 31 heavy (non-hydrogen) atoms. The summed E-state index contributed by atoms with van der Waals surface area (Å²) in [6.07, 6.45) is 8.17. The van der Waals surface area contributed by atoms with Gasteiger partial charge in [0.2, 0.25) is 0 Å². The molecule has 7 nitrogen and oxygen atoms in total. The van der Waals surface area contributed by atoms with Crippen molar-refractivity contribution in [2.45, 2.75) is 59.4 Å². The Hall–Kier alpha value is -1.68. The maximum atomic E-state index is 5.62. The quantitative estimate of drug-likeness (QED) is 0.216. The third-order valence-electron chi connectivity index (χ3n) is 6.00. The molecule has 0 aromatic carbocycles. The molecule has 0 atom stereocenters. The minimum absolute atomic E-state index is 0. The van der Waals surface area contributed by atoms with Gasteiger partial charge >= 0.3 is 0 Å². The largest absolute Gasteiger partial charge is 0.382 e. The summed E-state index contributed by atoms with van der Waals surface area (Å²) in [7, 11) is 1.82. The Morgan fingerprint density at radius 2 is 2.00 bits per heavy atom. The van der Waals surface area contributed by atoms with Crippen LogP contribution in [0.25, 0.3) is 5.82 Å². The van der Waals surface area contributed by atoms with Crippen LogP contribution in [0.4, 0.5) is 0 Å². The maximum absolute atomic E-state index is 5.62. The van der Waals surface area contributed by atoms with E-state index in [0.29, 0.717) is 12.0 Å². The molecule has 172 valence electrons. The lowest BCUT2D eigenvalue weighted by Gasteiger charge is -2.30. The van der Waals surface area contributed by atoms with Crippen LogP contribution in [0.5, 0.6) is 0 Å². The second kappa shape index (κ2) is 12.4. The molecule has 3 rings (SSSR count). The lowest BCUT2D eigenvalue weighted by Crippen LogP contribution is -2.43. The van der Waals surface area contributed by atoms with Crippen LogP contribution < -0.4 is 10.6 Å². The molecule has 0 saturated heterocycles. The van der Waals surface area contributed by atoms with E-state index < -0.39 is 0 Å². The van der Waals surface area contributed by atoms with Crippen LogP contribution in [-0.4, -0.2) is 47.5 Å². The molecule has 0 aliphatic heterocycles. The number of guanidine groups is 1. The van der Waals surface area contributed by atoms with Crippen LogP contribution >= 0.6 is 24.0 Å². The second-order valence-corrected chi connectivity index (χ2v) is 8.30. The molecule has 2 heterocycles. The van der Waals surface area contributed by atoms with Crippen molar-refractivity contribution in [1.82, 2.24) is 25.4 Å². The first-order valence-electron chi connectivity index (χ1n) is 11.1. The molecule has 0 amide bonds. The molecular formula is C23H37IN6O. The van der Waals surface area contributed by atoms with Gasteiger partial charge in [0.15, 0.2) is 11.8 Å². The van der Waals surface area contributed by atoms with Crippen LogP contribution in [0, 0.1) is 19.3 Å². The predicted octanol–water partition coefficient (Wildman–Crippen LogP) is 4.15. The molecule has 2 aromatic rings. The van der Waals surface area contributed by atoms with Crippen LogP contribution in [0.2, 0.25) is 0 Å². The fourth-order valence-electron chi connectivity index (χ4n) is 4.26. The van der Waals surface area contributed by atoms with E-state index in [9.17, 15) is 0 Å². The monoisotopic (exact) mass is 540 g/mol. The van der Waals surface area contributed by atoms with E-state index in [4.69, 9.17) is 4.74 Å². The van der Waals surface area contributed by atoms with Crippen molar-refractivity contribution in [2.75, 3.05) is 26.8 Å². The van der Waals surface area contributed by atoms with Gasteiger partial charge in [-0.1, -0.05) is 18.9 Å². The Morgan fingerprint density at radius 1 is 1.23 bits per heavy atom. The number of aryl methyl sites for hydroxylation is 2. The van der Waals surface area contributed by atoms with E-state index >= 15 is 0 Å². The van der Waals surface area contributed by atoms with Gasteiger partial charge < -0.3 is 15.4 Å². The van der Waals surface area contributed by atoms with Crippen LogP contribution in [0.1, 0.15) is 56.0 Å². The van der Waals surface area contributed by atoms with E-state index in [1.807, 2.05) is 37.8 Å². The molecule has 0 bridgehead atoms. The first kappa shape index (κ1) is 25.6. The van der Waals surface area contributed by atoms with E-state index in [1.54, 1.807) is 0 Å². The van der Waals surface area contributed by atoms with E-state index in [-0.39, 0.29) is 24.0 Å². The second-order valence-electron chi connectivity index (χ2n) is 8.30. The van der Waals surface area contributed by atoms with Crippen molar-refractivity contribution in [3.8, 4) is 5.82 Å². The molecule has 1 aliphatic carbocycles. The Balaban J connectivity index is 0.00000341. The Bertz CT molecular complexity index is 827. The van der Waals surface area contributed by atoms with Gasteiger partial charge in [0, 0.05) is 45.2 Å². The molecule has 0 spiro atoms. The van der Waals surface area contributed by atoms with Gasteiger partial charge in [-0.05, 0) is 63.1 Å². The number of rotatable bonds is 9. The van der Waals surface area contributed by atoms with Gasteiger partial charge in [-0.25, -0.2) is 9.67 Å². The number of halogens is 1. The number of hydrogen-bond donors (Lipinski definition) is 2. The Morgan fingerprint density at radius 3 is 2.58 bits per heavy atom. The first-order chi connectivity index (χ1) is 14.5. The molecule has 1 fully saturated rings. The van der Waals surface area contributed by atoms with E-state index in [0.717, 1.165) is 54.9 Å². The molecule has 8 heteroatoms. The Kier molecular flexibility index (Phi) is 10.2. The smallest absolute Gasteiger partial charge is 0.191 e. The molecule has 2 aromatic heterocycles. The molecule has 0 unspecified atom stereocenters. The van der Waals surface area contributed by atoms with Crippen molar-refractivity contribution in [2.24, 2.45) is 10.4 Å². The van der Waals surface area contributed by atoms with Gasteiger partial charge in [-0.15, -0.1) is 24.0 Å². The first-order valence-corrected chi connectivity index (χ1v) is 11.1. The topological polar surface area (TPSA) is 76.4 Å². The van der Waals surface area contributed by atoms with Crippen LogP contribution in [0.3, 0.4) is 0 Å². The summed E-state index contributed by atoms with van der Waals surface area (Å²) in [5.74, 6) is 1.67. The van der Waals surface area contributed by atoms with Crippen molar-refractivity contribution < 1.29 is 4.74 Å². The number of aliphatic imine (C=N–C) groups is 1. The molecule has 1 aliphatic rings. The fraction of sp³-hybridized carbons (Fsp3) is 0.609. The molecule has 0 radical (unpaired) electrons. The normalized spacial score (nSPS) is 15.5. The van der Waals surface area contributed by atoms with Gasteiger partial charge in [-0.3, -0.25) is 4.99 Å². The van der Waals surface area contributed by atoms with E-state index in [2.05, 4.69) is 44.8 Å². The number of aromatic nitrogens is 3. The number of hydrogen-bond acceptors (Lipinski definition) is 4. The molecule has 1 saturated carbocycles. The average Bonchev–Trinajstić information content (AvgIpc) is 3.35. The van der Waals surface area contributed by atoms with Crippen molar-refractivity contribution in [3.63, 3.8) is 0 Å². The molecule has 2 N–H and O–H groups in total. The predicted molar refractivity (Wildman–Crippen MR) is 136 cm³/mol. The summed E-state index contributed by atoms with van der Waals surface area (Å²) in [5, 5.41) is 11.5. The number of pyridine rings is 1. The highest BCUT2D eigenvalue weighted by molar-refractivity contribution is 14.0. The zero-order chi connectivity index (χ0) is 21.4. The zero-order valence-electron chi connectivity index (χ0n) is 19.3. The summed E-state index contributed by atoms with van der Waals surface area (Å²) in [6.45, 7) is 9.34. The van der Waals surface area contributed by atoms with Crippen molar-refractivity contribution in [3.05, 3.63) is 41.3 Å².